The molecule has 0 saturated carbocycles. The van der Waals surface area contributed by atoms with E-state index in [1.807, 2.05) is 31.2 Å². The average molecular weight is 359 g/mol. The summed E-state index contributed by atoms with van der Waals surface area (Å²) in [4.78, 5) is 0.237. The SMILES string of the molecule is COc1ccc(C2=CC(O)CN(S(=O)(=O)c3ccc(C)cc3)C2)cc1. The Kier molecular flexibility index (Phi) is 4.94. The normalized spacial score (nSPS) is 18.7. The monoisotopic (exact) mass is 359 g/mol. The lowest BCUT2D eigenvalue weighted by Crippen LogP contribution is -2.41. The Hall–Kier alpha value is -2.15. The van der Waals surface area contributed by atoms with Crippen LogP contribution in [-0.2, 0) is 10.0 Å². The van der Waals surface area contributed by atoms with Crippen LogP contribution in [0, 0.1) is 6.92 Å². The Bertz CT molecular complexity index is 871. The molecule has 0 saturated heterocycles. The molecule has 5 nitrogen and oxygen atoms in total. The molecule has 0 bridgehead atoms. The van der Waals surface area contributed by atoms with E-state index in [0.717, 1.165) is 22.4 Å². The Morgan fingerprint density at radius 1 is 1.08 bits per heavy atom. The highest BCUT2D eigenvalue weighted by atomic mass is 32.2. The van der Waals surface area contributed by atoms with Crippen molar-refractivity contribution < 1.29 is 18.3 Å². The minimum absolute atomic E-state index is 0.0515. The fourth-order valence-electron chi connectivity index (χ4n) is 2.84. The van der Waals surface area contributed by atoms with Gasteiger partial charge in [0.1, 0.15) is 5.75 Å². The van der Waals surface area contributed by atoms with E-state index in [1.54, 1.807) is 37.5 Å². The summed E-state index contributed by atoms with van der Waals surface area (Å²) in [5.41, 5.74) is 2.64. The van der Waals surface area contributed by atoms with Crippen LogP contribution in [0.2, 0.25) is 0 Å². The summed E-state index contributed by atoms with van der Waals surface area (Å²) in [6.07, 6.45) is 0.870. The molecular weight excluding hydrogens is 338 g/mol. The van der Waals surface area contributed by atoms with Crippen LogP contribution in [0.4, 0.5) is 0 Å². The van der Waals surface area contributed by atoms with Crippen LogP contribution in [0.25, 0.3) is 5.57 Å². The first kappa shape index (κ1) is 17.7. The summed E-state index contributed by atoms with van der Waals surface area (Å²) in [7, 11) is -2.07. The topological polar surface area (TPSA) is 66.8 Å². The summed E-state index contributed by atoms with van der Waals surface area (Å²) in [6, 6.07) is 14.1. The zero-order valence-electron chi connectivity index (χ0n) is 14.2. The number of nitrogens with zero attached hydrogens (tertiary/aromatic N) is 1. The highest BCUT2D eigenvalue weighted by Crippen LogP contribution is 2.27. The van der Waals surface area contributed by atoms with E-state index < -0.39 is 16.1 Å². The van der Waals surface area contributed by atoms with Crippen molar-refractivity contribution in [2.24, 2.45) is 0 Å². The Morgan fingerprint density at radius 3 is 2.32 bits per heavy atom. The Labute approximate surface area is 148 Å². The van der Waals surface area contributed by atoms with E-state index in [4.69, 9.17) is 4.74 Å². The molecule has 0 radical (unpaired) electrons. The lowest BCUT2D eigenvalue weighted by molar-refractivity contribution is 0.186. The zero-order valence-corrected chi connectivity index (χ0v) is 15.0. The fourth-order valence-corrected chi connectivity index (χ4v) is 4.27. The van der Waals surface area contributed by atoms with Gasteiger partial charge in [0.05, 0.1) is 18.1 Å². The maximum atomic E-state index is 12.9. The number of hydrogen-bond acceptors (Lipinski definition) is 4. The maximum Gasteiger partial charge on any atom is 0.243 e. The molecule has 1 aliphatic rings. The van der Waals surface area contributed by atoms with Crippen LogP contribution >= 0.6 is 0 Å². The molecule has 2 aromatic rings. The predicted octanol–water partition coefficient (Wildman–Crippen LogP) is 2.45. The van der Waals surface area contributed by atoms with Crippen LogP contribution in [0.5, 0.6) is 5.75 Å². The number of methoxy groups -OCH3 is 1. The quantitative estimate of drug-likeness (QED) is 0.911. The summed E-state index contributed by atoms with van der Waals surface area (Å²) in [6.45, 7) is 2.18. The van der Waals surface area contributed by atoms with E-state index in [9.17, 15) is 13.5 Å². The molecule has 0 fully saturated rings. The fraction of sp³-hybridized carbons (Fsp3) is 0.263. The van der Waals surface area contributed by atoms with Gasteiger partial charge in [0.2, 0.25) is 10.0 Å². The minimum Gasteiger partial charge on any atom is -0.497 e. The summed E-state index contributed by atoms with van der Waals surface area (Å²) >= 11 is 0. The average Bonchev–Trinajstić information content (AvgIpc) is 2.61. The molecule has 6 heteroatoms. The highest BCUT2D eigenvalue weighted by molar-refractivity contribution is 7.89. The van der Waals surface area contributed by atoms with E-state index >= 15 is 0 Å². The van der Waals surface area contributed by atoms with E-state index in [2.05, 4.69) is 0 Å². The first-order chi connectivity index (χ1) is 11.9. The van der Waals surface area contributed by atoms with Crippen LogP contribution in [0.15, 0.2) is 59.5 Å². The molecule has 1 unspecified atom stereocenters. The second kappa shape index (κ2) is 7.00. The summed E-state index contributed by atoms with van der Waals surface area (Å²) in [5, 5.41) is 10.2. The largest absolute Gasteiger partial charge is 0.497 e. The van der Waals surface area contributed by atoms with Gasteiger partial charge in [-0.15, -0.1) is 0 Å². The molecule has 0 spiro atoms. The highest BCUT2D eigenvalue weighted by Gasteiger charge is 2.30. The molecule has 1 aliphatic heterocycles. The third kappa shape index (κ3) is 3.76. The molecule has 2 aromatic carbocycles. The van der Waals surface area contributed by atoms with Crippen molar-refractivity contribution in [1.29, 1.82) is 0 Å². The van der Waals surface area contributed by atoms with Gasteiger partial charge in [-0.05, 0) is 48.4 Å². The molecule has 0 amide bonds. The lowest BCUT2D eigenvalue weighted by atomic mass is 10.0. The van der Waals surface area contributed by atoms with Crippen molar-refractivity contribution >= 4 is 15.6 Å². The van der Waals surface area contributed by atoms with Crippen molar-refractivity contribution in [3.05, 3.63) is 65.7 Å². The Morgan fingerprint density at radius 2 is 1.72 bits per heavy atom. The van der Waals surface area contributed by atoms with Crippen LogP contribution in [0.1, 0.15) is 11.1 Å². The molecule has 3 rings (SSSR count). The minimum atomic E-state index is -3.66. The third-order valence-corrected chi connectivity index (χ3v) is 6.08. The third-order valence-electron chi connectivity index (χ3n) is 4.25. The van der Waals surface area contributed by atoms with E-state index in [1.165, 1.54) is 4.31 Å². The number of aliphatic hydroxyl groups excluding tert-OH is 1. The van der Waals surface area contributed by atoms with Gasteiger partial charge in [0.15, 0.2) is 0 Å². The van der Waals surface area contributed by atoms with Crippen molar-refractivity contribution in [2.45, 2.75) is 17.9 Å². The second-order valence-electron chi connectivity index (χ2n) is 6.10. The summed E-state index contributed by atoms with van der Waals surface area (Å²) in [5.74, 6) is 0.727. The molecule has 25 heavy (non-hydrogen) atoms. The lowest BCUT2D eigenvalue weighted by Gasteiger charge is -2.29. The number of β-amino-alcohol motifs (C(OH)–C–C–N with tert-alkyl or cyclic N) is 1. The molecule has 1 N–H and O–H groups in total. The van der Waals surface area contributed by atoms with Crippen LogP contribution < -0.4 is 4.74 Å². The van der Waals surface area contributed by atoms with Crippen molar-refractivity contribution in [1.82, 2.24) is 4.31 Å². The number of ether oxygens (including phenoxy) is 1. The Balaban J connectivity index is 1.89. The zero-order chi connectivity index (χ0) is 18.0. The van der Waals surface area contributed by atoms with Gasteiger partial charge in [0.25, 0.3) is 0 Å². The van der Waals surface area contributed by atoms with Gasteiger partial charge < -0.3 is 9.84 Å². The number of benzene rings is 2. The molecule has 0 aliphatic carbocycles. The second-order valence-corrected chi connectivity index (χ2v) is 8.04. The number of rotatable bonds is 4. The van der Waals surface area contributed by atoms with Gasteiger partial charge >= 0.3 is 0 Å². The van der Waals surface area contributed by atoms with E-state index in [0.29, 0.717) is 0 Å². The smallest absolute Gasteiger partial charge is 0.243 e. The molecule has 132 valence electrons. The molecule has 0 aromatic heterocycles. The maximum absolute atomic E-state index is 12.9. The first-order valence-corrected chi connectivity index (χ1v) is 9.44. The van der Waals surface area contributed by atoms with Gasteiger partial charge in [0, 0.05) is 13.1 Å². The van der Waals surface area contributed by atoms with Crippen LogP contribution in [0.3, 0.4) is 0 Å². The van der Waals surface area contributed by atoms with Gasteiger partial charge in [-0.2, -0.15) is 4.31 Å². The number of aryl methyl sites for hydroxylation is 1. The van der Waals surface area contributed by atoms with Crippen molar-refractivity contribution in [3.8, 4) is 5.75 Å². The standard InChI is InChI=1S/C19H21NO4S/c1-14-3-9-19(10-4-14)25(22,23)20-12-16(11-17(21)13-20)15-5-7-18(24-2)8-6-15/h3-11,17,21H,12-13H2,1-2H3. The molecule has 1 heterocycles. The van der Waals surface area contributed by atoms with Gasteiger partial charge in [-0.1, -0.05) is 29.8 Å². The molecule has 1 atom stereocenters. The predicted molar refractivity (Wildman–Crippen MR) is 96.9 cm³/mol. The van der Waals surface area contributed by atoms with Crippen LogP contribution in [-0.4, -0.2) is 44.1 Å². The van der Waals surface area contributed by atoms with E-state index in [-0.39, 0.29) is 18.0 Å². The van der Waals surface area contributed by atoms with Crippen molar-refractivity contribution in [2.75, 3.05) is 20.2 Å². The number of sulfonamides is 1. The van der Waals surface area contributed by atoms with Gasteiger partial charge in [-0.3, -0.25) is 0 Å². The number of aliphatic hydroxyl groups is 1. The van der Waals surface area contributed by atoms with Gasteiger partial charge in [-0.25, -0.2) is 8.42 Å². The van der Waals surface area contributed by atoms with Crippen molar-refractivity contribution in [3.63, 3.8) is 0 Å². The number of hydrogen-bond donors (Lipinski definition) is 1. The molecular formula is C19H21NO4S. The summed E-state index contributed by atoms with van der Waals surface area (Å²) < 4.78 is 32.2. The first-order valence-electron chi connectivity index (χ1n) is 8.00.